The zero-order valence-corrected chi connectivity index (χ0v) is 23.7. The minimum absolute atomic E-state index is 0.00162. The van der Waals surface area contributed by atoms with Gasteiger partial charge in [0.05, 0.1) is 18.2 Å². The van der Waals surface area contributed by atoms with E-state index in [9.17, 15) is 39.6 Å². The molecule has 1 aromatic carbocycles. The van der Waals surface area contributed by atoms with Gasteiger partial charge in [-0.1, -0.05) is 6.92 Å². The van der Waals surface area contributed by atoms with Crippen LogP contribution in [0.15, 0.2) is 23.0 Å². The van der Waals surface area contributed by atoms with E-state index >= 15 is 0 Å². The molecule has 1 saturated carbocycles. The molecule has 8 N–H and O–H groups in total. The summed E-state index contributed by atoms with van der Waals surface area (Å²) in [6.45, 7) is 2.47. The smallest absolute Gasteiger partial charge is 0.255 e. The predicted molar refractivity (Wildman–Crippen MR) is 149 cm³/mol. The molecule has 0 aromatic heterocycles. The van der Waals surface area contributed by atoms with Crippen LogP contribution in [0.25, 0.3) is 5.76 Å². The summed E-state index contributed by atoms with van der Waals surface area (Å²) in [5.41, 5.74) is 3.01. The number of carbonyl (C=O) groups is 4. The van der Waals surface area contributed by atoms with Crippen LogP contribution in [0.5, 0.6) is 5.75 Å². The van der Waals surface area contributed by atoms with Crippen LogP contribution < -0.4 is 21.3 Å². The molecule has 0 unspecified atom stereocenters. The lowest BCUT2D eigenvalue weighted by Gasteiger charge is -2.50. The first-order chi connectivity index (χ1) is 19.2. The van der Waals surface area contributed by atoms with Gasteiger partial charge in [0.15, 0.2) is 11.4 Å². The highest BCUT2D eigenvalue weighted by molar-refractivity contribution is 6.24. The van der Waals surface area contributed by atoms with Crippen molar-refractivity contribution in [2.75, 3.05) is 46.2 Å². The Morgan fingerprint density at radius 2 is 1.80 bits per heavy atom. The molecule has 0 heterocycles. The molecule has 3 aliphatic rings. The molecular weight excluding hydrogens is 534 g/mol. The maximum atomic E-state index is 14.0. The van der Waals surface area contributed by atoms with E-state index in [1.807, 2.05) is 6.92 Å². The average molecular weight is 572 g/mol. The number of primary amides is 1. The van der Waals surface area contributed by atoms with Gasteiger partial charge in [-0.2, -0.15) is 0 Å². The van der Waals surface area contributed by atoms with Gasteiger partial charge >= 0.3 is 0 Å². The number of likely N-dealkylation sites (N-methyl/N-ethyl adjacent to an activating group) is 2. The Bertz CT molecular complexity index is 1400. The van der Waals surface area contributed by atoms with Crippen molar-refractivity contribution >= 4 is 34.8 Å². The van der Waals surface area contributed by atoms with Crippen molar-refractivity contribution in [2.24, 2.45) is 17.6 Å². The number of aliphatic hydroxyl groups is 3. The number of rotatable bonds is 8. The number of amides is 2. The van der Waals surface area contributed by atoms with Gasteiger partial charge in [0.25, 0.3) is 5.91 Å². The first-order valence-electron chi connectivity index (χ1n) is 13.4. The topological polar surface area (TPSA) is 206 Å². The van der Waals surface area contributed by atoms with Gasteiger partial charge in [-0.15, -0.1) is 0 Å². The van der Waals surface area contributed by atoms with E-state index in [-0.39, 0.29) is 54.3 Å². The summed E-state index contributed by atoms with van der Waals surface area (Å²) < 4.78 is 0. The van der Waals surface area contributed by atoms with E-state index < -0.39 is 58.0 Å². The third-order valence-electron chi connectivity index (χ3n) is 8.27. The van der Waals surface area contributed by atoms with Crippen molar-refractivity contribution in [1.82, 2.24) is 15.5 Å². The van der Waals surface area contributed by atoms with E-state index in [4.69, 9.17) is 5.73 Å². The van der Waals surface area contributed by atoms with Crippen LogP contribution in [0.2, 0.25) is 0 Å². The number of carbonyl (C=O) groups excluding carboxylic acids is 4. The summed E-state index contributed by atoms with van der Waals surface area (Å²) in [6.07, 6.45) is 0.171. The summed E-state index contributed by atoms with van der Waals surface area (Å²) >= 11 is 0. The van der Waals surface area contributed by atoms with Crippen molar-refractivity contribution in [3.63, 3.8) is 0 Å². The third kappa shape index (κ3) is 4.63. The Morgan fingerprint density at radius 3 is 2.37 bits per heavy atom. The van der Waals surface area contributed by atoms with Gasteiger partial charge in [0.2, 0.25) is 11.7 Å². The molecule has 41 heavy (non-hydrogen) atoms. The maximum absolute atomic E-state index is 14.0. The molecule has 0 spiro atoms. The Labute approximate surface area is 237 Å². The van der Waals surface area contributed by atoms with Gasteiger partial charge < -0.3 is 41.7 Å². The lowest BCUT2D eigenvalue weighted by atomic mass is 9.57. The minimum Gasteiger partial charge on any atom is -0.508 e. The zero-order valence-electron chi connectivity index (χ0n) is 23.7. The van der Waals surface area contributed by atoms with Gasteiger partial charge in [-0.05, 0) is 51.0 Å². The van der Waals surface area contributed by atoms with Crippen LogP contribution in [-0.2, 0) is 32.1 Å². The van der Waals surface area contributed by atoms with E-state index in [2.05, 4.69) is 10.6 Å². The summed E-state index contributed by atoms with van der Waals surface area (Å²) in [5, 5.41) is 51.1. The number of benzene rings is 1. The van der Waals surface area contributed by atoms with Crippen LogP contribution >= 0.6 is 0 Å². The minimum atomic E-state index is -2.71. The fraction of sp³-hybridized carbons (Fsp3) is 0.500. The van der Waals surface area contributed by atoms with Crippen LogP contribution in [0.3, 0.4) is 0 Å². The van der Waals surface area contributed by atoms with Crippen LogP contribution in [0, 0.1) is 11.8 Å². The van der Waals surface area contributed by atoms with Crippen molar-refractivity contribution < 1.29 is 39.6 Å². The lowest BCUT2D eigenvalue weighted by Crippen LogP contribution is -2.65. The average Bonchev–Trinajstić information content (AvgIpc) is 2.88. The zero-order chi connectivity index (χ0) is 30.5. The number of Topliss-reactive ketones (excluding diaryl/α,β-unsaturated/α-hetero) is 2. The normalized spacial score (nSPS) is 25.6. The van der Waals surface area contributed by atoms with Crippen LogP contribution in [0.4, 0.5) is 5.69 Å². The number of aliphatic hydroxyl groups excluding tert-OH is 2. The summed E-state index contributed by atoms with van der Waals surface area (Å²) in [6, 6.07) is 0.545. The van der Waals surface area contributed by atoms with E-state index in [0.717, 1.165) is 0 Å². The largest absolute Gasteiger partial charge is 0.508 e. The Hall–Kier alpha value is -3.94. The van der Waals surface area contributed by atoms with Crippen LogP contribution in [-0.4, -0.2) is 102 Å². The lowest BCUT2D eigenvalue weighted by molar-refractivity contribution is -0.153. The molecule has 0 bridgehead atoms. The number of anilines is 1. The molecule has 1 fully saturated rings. The summed E-state index contributed by atoms with van der Waals surface area (Å²) in [5.74, 6) is -7.36. The maximum Gasteiger partial charge on any atom is 0.255 e. The molecule has 1 aromatic rings. The second-order valence-corrected chi connectivity index (χ2v) is 11.2. The fourth-order valence-electron chi connectivity index (χ4n) is 6.37. The van der Waals surface area contributed by atoms with Crippen molar-refractivity contribution in [1.29, 1.82) is 0 Å². The Kier molecular flexibility index (Phi) is 7.91. The third-order valence-corrected chi connectivity index (χ3v) is 8.27. The number of fused-ring (bicyclic) bond motifs is 3. The number of nitrogens with one attached hydrogen (secondary N) is 2. The van der Waals surface area contributed by atoms with Gasteiger partial charge in [0.1, 0.15) is 22.8 Å². The van der Waals surface area contributed by atoms with E-state index in [0.29, 0.717) is 17.8 Å². The molecule has 13 nitrogen and oxygen atoms in total. The molecule has 4 rings (SSSR count). The van der Waals surface area contributed by atoms with E-state index in [1.165, 1.54) is 4.90 Å². The highest BCUT2D eigenvalue weighted by Gasteiger charge is 2.64. The molecule has 0 aliphatic heterocycles. The number of nitrogens with zero attached hydrogens (tertiary/aromatic N) is 2. The highest BCUT2D eigenvalue weighted by Crippen LogP contribution is 2.54. The fourth-order valence-corrected chi connectivity index (χ4v) is 6.37. The first kappa shape index (κ1) is 30.0. The standard InChI is InChI=1S/C28H37N5O8/c1-6-30-11-17(34)31-10-13-9-16(32(2)3)14-7-12-8-15-21(33(4)5)24(37)20(27(29)40)26(39)28(15,41)25(38)18(12)23(36)19(14)22(13)35/h9,12,15,21,30,35-36,39,41H,6-8,10-11H2,1-5H3,(H2,29,40)(H,31,34)/t12-,15-,21-,28-/m0/s1. The second-order valence-electron chi connectivity index (χ2n) is 11.2. The second kappa shape index (κ2) is 10.8. The van der Waals surface area contributed by atoms with Crippen molar-refractivity contribution in [3.8, 4) is 5.75 Å². The van der Waals surface area contributed by atoms with Gasteiger partial charge in [0, 0.05) is 43.4 Å². The Morgan fingerprint density at radius 1 is 1.15 bits per heavy atom. The van der Waals surface area contributed by atoms with Gasteiger partial charge in [-0.25, -0.2) is 0 Å². The predicted octanol–water partition coefficient (Wildman–Crippen LogP) is -0.744. The SMILES string of the molecule is CCNCC(=O)NCc1cc(N(C)C)c2c(c1O)C(O)=C1C(=O)[C@]3(O)C(O)=C(C(N)=O)C(=O)[C@@H](N(C)C)[C@@H]3C[C@@H]1C2. The number of hydrogen-bond acceptors (Lipinski definition) is 11. The first-order valence-corrected chi connectivity index (χ1v) is 13.4. The molecular formula is C28H37N5O8. The molecule has 4 atom stereocenters. The number of phenolic OH excluding ortho intramolecular Hbond substituents is 1. The van der Waals surface area contributed by atoms with Crippen LogP contribution in [0.1, 0.15) is 30.0 Å². The quantitative estimate of drug-likeness (QED) is 0.193. The van der Waals surface area contributed by atoms with Crippen molar-refractivity contribution in [3.05, 3.63) is 39.7 Å². The Balaban J connectivity index is 1.89. The number of nitrogens with two attached hydrogens (primary N) is 1. The number of phenols is 1. The molecule has 0 saturated heterocycles. The molecule has 3 aliphatic carbocycles. The number of aromatic hydroxyl groups is 1. The summed E-state index contributed by atoms with van der Waals surface area (Å²) in [7, 11) is 6.65. The van der Waals surface area contributed by atoms with Crippen molar-refractivity contribution in [2.45, 2.75) is 38.0 Å². The molecule has 222 valence electrons. The summed E-state index contributed by atoms with van der Waals surface area (Å²) in [4.78, 5) is 54.8. The van der Waals surface area contributed by atoms with Gasteiger partial charge in [-0.3, -0.25) is 24.1 Å². The monoisotopic (exact) mass is 571 g/mol. The van der Waals surface area contributed by atoms with E-state index in [1.54, 1.807) is 39.2 Å². The molecule has 2 amide bonds. The number of hydrogen-bond donors (Lipinski definition) is 7. The molecule has 13 heteroatoms. The molecule has 0 radical (unpaired) electrons. The number of ketones is 2. The highest BCUT2D eigenvalue weighted by atomic mass is 16.3.